The maximum Gasteiger partial charge on any atom is 0.184 e. The van der Waals surface area contributed by atoms with E-state index in [9.17, 15) is 9.50 Å². The molecule has 1 heterocycles. The zero-order valence-corrected chi connectivity index (χ0v) is 13.7. The van der Waals surface area contributed by atoms with Crippen LogP contribution >= 0.6 is 0 Å². The topological polar surface area (TPSA) is 62.0 Å². The summed E-state index contributed by atoms with van der Waals surface area (Å²) in [7, 11) is 0. The van der Waals surface area contributed by atoms with E-state index >= 15 is 0 Å². The van der Waals surface area contributed by atoms with Gasteiger partial charge in [-0.05, 0) is 36.8 Å². The molecule has 0 amide bonds. The summed E-state index contributed by atoms with van der Waals surface area (Å²) in [6, 6.07) is 12.4. The summed E-state index contributed by atoms with van der Waals surface area (Å²) in [4.78, 5) is 9.16. The van der Waals surface area contributed by atoms with Crippen molar-refractivity contribution in [2.45, 2.75) is 13.0 Å². The molecule has 2 aromatic carbocycles. The van der Waals surface area contributed by atoms with Gasteiger partial charge >= 0.3 is 0 Å². The molecule has 24 heavy (non-hydrogen) atoms. The third-order valence-electron chi connectivity index (χ3n) is 4.64. The molecule has 0 bridgehead atoms. The van der Waals surface area contributed by atoms with Gasteiger partial charge < -0.3 is 14.8 Å². The molecule has 5 nitrogen and oxygen atoms in total. The Morgan fingerprint density at radius 2 is 1.75 bits per heavy atom. The predicted octanol–water partition coefficient (Wildman–Crippen LogP) is 2.67. The van der Waals surface area contributed by atoms with Gasteiger partial charge in [-0.15, -0.1) is 0 Å². The van der Waals surface area contributed by atoms with Crippen LogP contribution < -0.4 is 15.6 Å². The van der Waals surface area contributed by atoms with Crippen molar-refractivity contribution in [2.75, 3.05) is 31.1 Å². The maximum absolute atomic E-state index is 13.5. The summed E-state index contributed by atoms with van der Waals surface area (Å²) in [6.45, 7) is 5.66. The van der Waals surface area contributed by atoms with Crippen LogP contribution in [0.1, 0.15) is 18.5 Å². The van der Waals surface area contributed by atoms with Crippen molar-refractivity contribution in [3.63, 3.8) is 0 Å². The second-order valence-corrected chi connectivity index (χ2v) is 6.02. The second kappa shape index (κ2) is 7.07. The number of nitrogens with zero attached hydrogens (tertiary/aromatic N) is 2. The summed E-state index contributed by atoms with van der Waals surface area (Å²) in [5.74, 6) is 4.99. The highest BCUT2D eigenvalue weighted by molar-refractivity contribution is 5.51. The monoisotopic (exact) mass is 331 g/mol. The number of rotatable bonds is 4. The van der Waals surface area contributed by atoms with E-state index in [-0.39, 0.29) is 17.5 Å². The third-order valence-corrected chi connectivity index (χ3v) is 4.64. The van der Waals surface area contributed by atoms with Crippen LogP contribution in [0.4, 0.5) is 10.1 Å². The van der Waals surface area contributed by atoms with E-state index in [0.29, 0.717) is 0 Å². The Morgan fingerprint density at radius 1 is 1.08 bits per heavy atom. The molecular formula is C18H22FN3O2. The molecule has 0 radical (unpaired) electrons. The van der Waals surface area contributed by atoms with Crippen molar-refractivity contribution < 1.29 is 14.3 Å². The Hall–Kier alpha value is -2.31. The number of phenolic OH excluding ortho intramolecular Hbond substituents is 1. The average Bonchev–Trinajstić information content (AvgIpc) is 2.62. The number of piperazine rings is 1. The lowest BCUT2D eigenvalue weighted by atomic mass is 10.1. The Morgan fingerprint density at radius 3 is 2.38 bits per heavy atom. The first-order chi connectivity index (χ1) is 11.6. The number of hydrogen-bond acceptors (Lipinski definition) is 5. The normalized spacial score (nSPS) is 16.9. The third kappa shape index (κ3) is 3.44. The maximum atomic E-state index is 13.5. The first kappa shape index (κ1) is 16.5. The largest absolute Gasteiger partial charge is 0.508 e. The molecule has 1 fully saturated rings. The van der Waals surface area contributed by atoms with Crippen LogP contribution in [0, 0.1) is 5.82 Å². The molecule has 1 saturated heterocycles. The summed E-state index contributed by atoms with van der Waals surface area (Å²) >= 11 is 0. The second-order valence-electron chi connectivity index (χ2n) is 6.02. The summed E-state index contributed by atoms with van der Waals surface area (Å²) in [5, 5.41) is 9.41. The fraction of sp³-hybridized carbons (Fsp3) is 0.333. The quantitative estimate of drug-likeness (QED) is 0.844. The van der Waals surface area contributed by atoms with Crippen LogP contribution in [0.5, 0.6) is 11.5 Å². The lowest BCUT2D eigenvalue weighted by molar-refractivity contribution is 0.198. The highest BCUT2D eigenvalue weighted by atomic mass is 19.1. The molecule has 0 aromatic heterocycles. The molecule has 6 heteroatoms. The minimum atomic E-state index is -0.458. The number of anilines is 1. The fourth-order valence-electron chi connectivity index (χ4n) is 3.11. The van der Waals surface area contributed by atoms with E-state index in [4.69, 9.17) is 5.90 Å². The van der Waals surface area contributed by atoms with Gasteiger partial charge in [-0.3, -0.25) is 4.90 Å². The first-order valence-electron chi connectivity index (χ1n) is 8.02. The molecule has 0 aliphatic carbocycles. The van der Waals surface area contributed by atoms with Crippen LogP contribution in [0.3, 0.4) is 0 Å². The van der Waals surface area contributed by atoms with Crippen LogP contribution in [-0.4, -0.2) is 36.2 Å². The van der Waals surface area contributed by atoms with Gasteiger partial charge in [0.25, 0.3) is 0 Å². The summed E-state index contributed by atoms with van der Waals surface area (Å²) in [6.07, 6.45) is 0. The smallest absolute Gasteiger partial charge is 0.184 e. The molecule has 1 unspecified atom stereocenters. The molecule has 0 saturated carbocycles. The molecule has 1 atom stereocenters. The number of benzene rings is 2. The molecule has 3 rings (SSSR count). The number of phenols is 1. The van der Waals surface area contributed by atoms with E-state index in [1.54, 1.807) is 24.3 Å². The summed E-state index contributed by atoms with van der Waals surface area (Å²) in [5.41, 5.74) is 2.09. The highest BCUT2D eigenvalue weighted by Crippen LogP contribution is 2.27. The number of nitrogens with two attached hydrogens (primary N) is 1. The van der Waals surface area contributed by atoms with Crippen molar-refractivity contribution in [2.24, 2.45) is 5.90 Å². The van der Waals surface area contributed by atoms with E-state index in [1.807, 2.05) is 12.1 Å². The van der Waals surface area contributed by atoms with E-state index in [1.165, 1.54) is 11.6 Å². The zero-order chi connectivity index (χ0) is 17.1. The van der Waals surface area contributed by atoms with Gasteiger partial charge in [0.05, 0.1) is 0 Å². The summed E-state index contributed by atoms with van der Waals surface area (Å²) < 4.78 is 13.5. The minimum Gasteiger partial charge on any atom is -0.508 e. The number of halogens is 1. The van der Waals surface area contributed by atoms with Gasteiger partial charge in [-0.1, -0.05) is 12.1 Å². The van der Waals surface area contributed by atoms with E-state index < -0.39 is 5.82 Å². The van der Waals surface area contributed by atoms with Crippen molar-refractivity contribution >= 4 is 5.69 Å². The first-order valence-corrected chi connectivity index (χ1v) is 8.02. The molecule has 1 aliphatic rings. The molecule has 2 aromatic rings. The molecular weight excluding hydrogens is 309 g/mol. The van der Waals surface area contributed by atoms with Gasteiger partial charge in [-0.2, -0.15) is 5.90 Å². The SMILES string of the molecule is CC(c1ccc(O)cc1)N1CCN(c2ccc(F)c(ON)c2)CC1. The van der Waals surface area contributed by atoms with Crippen molar-refractivity contribution in [3.8, 4) is 11.5 Å². The lowest BCUT2D eigenvalue weighted by Crippen LogP contribution is -2.47. The molecule has 0 spiro atoms. The Labute approximate surface area is 141 Å². The Bertz CT molecular complexity index is 685. The average molecular weight is 331 g/mol. The number of hydrogen-bond donors (Lipinski definition) is 2. The van der Waals surface area contributed by atoms with E-state index in [2.05, 4.69) is 21.6 Å². The standard InChI is InChI=1S/C18H22FN3O2/c1-13(14-2-5-16(23)6-3-14)21-8-10-22(11-9-21)15-4-7-17(19)18(12-15)24-20/h2-7,12-13,23H,8-11,20H2,1H3. The Balaban J connectivity index is 1.64. The van der Waals surface area contributed by atoms with Crippen LogP contribution in [-0.2, 0) is 0 Å². The van der Waals surface area contributed by atoms with Crippen molar-refractivity contribution in [1.29, 1.82) is 0 Å². The molecule has 3 N–H and O–H groups in total. The van der Waals surface area contributed by atoms with Gasteiger partial charge in [0.15, 0.2) is 11.6 Å². The fourth-order valence-corrected chi connectivity index (χ4v) is 3.11. The van der Waals surface area contributed by atoms with Crippen molar-refractivity contribution in [3.05, 3.63) is 53.8 Å². The predicted molar refractivity (Wildman–Crippen MR) is 91.5 cm³/mol. The van der Waals surface area contributed by atoms with Crippen LogP contribution in [0.2, 0.25) is 0 Å². The zero-order valence-electron chi connectivity index (χ0n) is 13.7. The lowest BCUT2D eigenvalue weighted by Gasteiger charge is -2.39. The number of aromatic hydroxyl groups is 1. The highest BCUT2D eigenvalue weighted by Gasteiger charge is 2.22. The van der Waals surface area contributed by atoms with E-state index in [0.717, 1.165) is 31.9 Å². The van der Waals surface area contributed by atoms with Gasteiger partial charge in [0.1, 0.15) is 5.75 Å². The van der Waals surface area contributed by atoms with Gasteiger partial charge in [0.2, 0.25) is 0 Å². The van der Waals surface area contributed by atoms with Crippen LogP contribution in [0.15, 0.2) is 42.5 Å². The van der Waals surface area contributed by atoms with Crippen molar-refractivity contribution in [1.82, 2.24) is 4.90 Å². The van der Waals surface area contributed by atoms with Crippen LogP contribution in [0.25, 0.3) is 0 Å². The molecule has 128 valence electrons. The van der Waals surface area contributed by atoms with Gasteiger partial charge in [0, 0.05) is 44.0 Å². The molecule has 1 aliphatic heterocycles. The van der Waals surface area contributed by atoms with Gasteiger partial charge in [-0.25, -0.2) is 4.39 Å². The minimum absolute atomic E-state index is 0.0624. The Kier molecular flexibility index (Phi) is 4.87.